The van der Waals surface area contributed by atoms with E-state index in [0.29, 0.717) is 6.54 Å². The Hall–Kier alpha value is -1.06. The van der Waals surface area contributed by atoms with Crippen LogP contribution in [0, 0.1) is 12.3 Å². The van der Waals surface area contributed by atoms with E-state index in [0.717, 1.165) is 24.2 Å². The lowest BCUT2D eigenvalue weighted by Gasteiger charge is -2.36. The Morgan fingerprint density at radius 3 is 2.55 bits per heavy atom. The highest BCUT2D eigenvalue weighted by Gasteiger charge is 2.40. The highest BCUT2D eigenvalue weighted by molar-refractivity contribution is 5.40. The second-order valence-electron chi connectivity index (χ2n) is 6.39. The first kappa shape index (κ1) is 15.3. The van der Waals surface area contributed by atoms with E-state index in [2.05, 4.69) is 19.9 Å². The van der Waals surface area contributed by atoms with Crippen molar-refractivity contribution in [1.82, 2.24) is 0 Å². The molecule has 0 saturated heterocycles. The van der Waals surface area contributed by atoms with Crippen LogP contribution in [0.5, 0.6) is 5.75 Å². The first-order valence-electron chi connectivity index (χ1n) is 7.54. The van der Waals surface area contributed by atoms with Gasteiger partial charge in [0.15, 0.2) is 0 Å². The lowest BCUT2D eigenvalue weighted by atomic mass is 9.74. The van der Waals surface area contributed by atoms with Gasteiger partial charge in [0.1, 0.15) is 5.75 Å². The first-order chi connectivity index (χ1) is 9.51. The van der Waals surface area contributed by atoms with E-state index >= 15 is 0 Å². The molecule has 2 rings (SSSR count). The molecule has 1 fully saturated rings. The van der Waals surface area contributed by atoms with Crippen LogP contribution in [0.3, 0.4) is 0 Å². The van der Waals surface area contributed by atoms with Gasteiger partial charge in [0, 0.05) is 18.0 Å². The molecule has 0 amide bonds. The molecule has 0 aromatic heterocycles. The van der Waals surface area contributed by atoms with E-state index in [1.165, 1.54) is 18.4 Å². The molecule has 0 radical (unpaired) electrons. The number of aryl methyl sites for hydroxylation is 1. The Morgan fingerprint density at radius 2 is 2.00 bits per heavy atom. The Bertz CT molecular complexity index is 452. The van der Waals surface area contributed by atoms with Crippen LogP contribution in [0.2, 0.25) is 0 Å². The number of ether oxygens (including phenoxy) is 1. The molecule has 1 saturated carbocycles. The first-order valence-corrected chi connectivity index (χ1v) is 7.54. The third-order valence-corrected chi connectivity index (χ3v) is 4.88. The van der Waals surface area contributed by atoms with Crippen molar-refractivity contribution >= 4 is 0 Å². The predicted octanol–water partition coefficient (Wildman–Crippen LogP) is 2.99. The molecular weight excluding hydrogens is 250 g/mol. The van der Waals surface area contributed by atoms with E-state index in [1.54, 1.807) is 7.11 Å². The molecule has 0 aliphatic heterocycles. The maximum absolute atomic E-state index is 10.9. The molecule has 2 unspecified atom stereocenters. The van der Waals surface area contributed by atoms with Gasteiger partial charge in [0.25, 0.3) is 0 Å². The number of benzene rings is 1. The molecule has 0 heterocycles. The second kappa shape index (κ2) is 6.15. The quantitative estimate of drug-likeness (QED) is 0.870. The van der Waals surface area contributed by atoms with Crippen LogP contribution >= 0.6 is 0 Å². The number of hydrogen-bond donors (Lipinski definition) is 2. The van der Waals surface area contributed by atoms with Crippen molar-refractivity contribution in [2.45, 2.75) is 51.6 Å². The third-order valence-electron chi connectivity index (χ3n) is 4.88. The van der Waals surface area contributed by atoms with Crippen LogP contribution < -0.4 is 10.5 Å². The standard InChI is InChI=1S/C17H27NO2/c1-12-6-7-15(20-3)13(10-12)14(11-18)16(19)17(2)8-4-5-9-17/h6-7,10,14,16,19H,4-5,8-9,11,18H2,1-3H3. The van der Waals surface area contributed by atoms with Gasteiger partial charge in [-0.05, 0) is 31.2 Å². The van der Waals surface area contributed by atoms with Gasteiger partial charge in [0.05, 0.1) is 13.2 Å². The minimum Gasteiger partial charge on any atom is -0.496 e. The summed E-state index contributed by atoms with van der Waals surface area (Å²) in [5.41, 5.74) is 8.18. The summed E-state index contributed by atoms with van der Waals surface area (Å²) >= 11 is 0. The molecule has 0 spiro atoms. The monoisotopic (exact) mass is 277 g/mol. The summed E-state index contributed by atoms with van der Waals surface area (Å²) in [6, 6.07) is 6.09. The fraction of sp³-hybridized carbons (Fsp3) is 0.647. The van der Waals surface area contributed by atoms with Crippen molar-refractivity contribution in [1.29, 1.82) is 0 Å². The largest absolute Gasteiger partial charge is 0.496 e. The van der Waals surface area contributed by atoms with E-state index in [1.807, 2.05) is 12.1 Å². The minimum atomic E-state index is -0.411. The minimum absolute atomic E-state index is 0.0151. The highest BCUT2D eigenvalue weighted by Crippen LogP contribution is 2.46. The van der Waals surface area contributed by atoms with Crippen LogP contribution in [0.4, 0.5) is 0 Å². The van der Waals surface area contributed by atoms with Crippen molar-refractivity contribution in [3.05, 3.63) is 29.3 Å². The molecule has 112 valence electrons. The topological polar surface area (TPSA) is 55.5 Å². The lowest BCUT2D eigenvalue weighted by Crippen LogP contribution is -2.38. The Morgan fingerprint density at radius 1 is 1.35 bits per heavy atom. The third kappa shape index (κ3) is 2.84. The van der Waals surface area contributed by atoms with Gasteiger partial charge in [-0.15, -0.1) is 0 Å². The van der Waals surface area contributed by atoms with Crippen molar-refractivity contribution < 1.29 is 9.84 Å². The van der Waals surface area contributed by atoms with E-state index in [4.69, 9.17) is 10.5 Å². The smallest absolute Gasteiger partial charge is 0.122 e. The van der Waals surface area contributed by atoms with E-state index in [-0.39, 0.29) is 11.3 Å². The summed E-state index contributed by atoms with van der Waals surface area (Å²) in [7, 11) is 1.67. The summed E-state index contributed by atoms with van der Waals surface area (Å²) in [4.78, 5) is 0. The van der Waals surface area contributed by atoms with Gasteiger partial charge in [0.2, 0.25) is 0 Å². The number of aliphatic hydroxyl groups excluding tert-OH is 1. The molecule has 1 aliphatic carbocycles. The molecule has 3 N–H and O–H groups in total. The number of aliphatic hydroxyl groups is 1. The average molecular weight is 277 g/mol. The second-order valence-corrected chi connectivity index (χ2v) is 6.39. The van der Waals surface area contributed by atoms with Gasteiger partial charge >= 0.3 is 0 Å². The zero-order chi connectivity index (χ0) is 14.8. The summed E-state index contributed by atoms with van der Waals surface area (Å²) in [6.45, 7) is 4.69. The summed E-state index contributed by atoms with van der Waals surface area (Å²) in [5.74, 6) is 0.764. The number of methoxy groups -OCH3 is 1. The molecule has 1 aromatic carbocycles. The molecular formula is C17H27NO2. The number of nitrogens with two attached hydrogens (primary N) is 1. The zero-order valence-electron chi connectivity index (χ0n) is 12.9. The average Bonchev–Trinajstić information content (AvgIpc) is 2.88. The summed E-state index contributed by atoms with van der Waals surface area (Å²) in [6.07, 6.45) is 4.16. The molecule has 2 atom stereocenters. The van der Waals surface area contributed by atoms with Crippen LogP contribution in [-0.2, 0) is 0 Å². The number of hydrogen-bond acceptors (Lipinski definition) is 3. The van der Waals surface area contributed by atoms with E-state index < -0.39 is 6.10 Å². The van der Waals surface area contributed by atoms with Crippen LogP contribution in [0.1, 0.15) is 49.7 Å². The van der Waals surface area contributed by atoms with Crippen molar-refractivity contribution in [3.8, 4) is 5.75 Å². The Labute approximate surface area is 122 Å². The molecule has 3 heteroatoms. The van der Waals surface area contributed by atoms with Gasteiger partial charge < -0.3 is 15.6 Å². The molecule has 20 heavy (non-hydrogen) atoms. The molecule has 3 nitrogen and oxygen atoms in total. The maximum Gasteiger partial charge on any atom is 0.122 e. The Kier molecular flexibility index (Phi) is 4.71. The lowest BCUT2D eigenvalue weighted by molar-refractivity contribution is 0.0207. The van der Waals surface area contributed by atoms with Crippen molar-refractivity contribution in [2.24, 2.45) is 11.1 Å². The zero-order valence-corrected chi connectivity index (χ0v) is 12.9. The molecule has 1 aliphatic rings. The van der Waals surface area contributed by atoms with Gasteiger partial charge in [-0.3, -0.25) is 0 Å². The normalized spacial score (nSPS) is 20.6. The fourth-order valence-electron chi connectivity index (χ4n) is 3.53. The van der Waals surface area contributed by atoms with Gasteiger partial charge in [-0.25, -0.2) is 0 Å². The van der Waals surface area contributed by atoms with Crippen molar-refractivity contribution in [2.75, 3.05) is 13.7 Å². The van der Waals surface area contributed by atoms with Gasteiger partial charge in [-0.1, -0.05) is 37.5 Å². The fourth-order valence-corrected chi connectivity index (χ4v) is 3.53. The highest BCUT2D eigenvalue weighted by atomic mass is 16.5. The maximum atomic E-state index is 10.9. The SMILES string of the molecule is COc1ccc(C)cc1C(CN)C(O)C1(C)CCCC1. The van der Waals surface area contributed by atoms with Crippen LogP contribution in [0.15, 0.2) is 18.2 Å². The Balaban J connectivity index is 2.34. The summed E-state index contributed by atoms with van der Waals surface area (Å²) < 4.78 is 5.46. The van der Waals surface area contributed by atoms with Gasteiger partial charge in [-0.2, -0.15) is 0 Å². The molecule has 0 bridgehead atoms. The van der Waals surface area contributed by atoms with Crippen LogP contribution in [-0.4, -0.2) is 24.9 Å². The van der Waals surface area contributed by atoms with Crippen LogP contribution in [0.25, 0.3) is 0 Å². The summed E-state index contributed by atoms with van der Waals surface area (Å²) in [5, 5.41) is 10.9. The molecule has 1 aromatic rings. The number of rotatable bonds is 5. The van der Waals surface area contributed by atoms with Crippen molar-refractivity contribution in [3.63, 3.8) is 0 Å². The van der Waals surface area contributed by atoms with E-state index in [9.17, 15) is 5.11 Å². The predicted molar refractivity (Wildman–Crippen MR) is 82.1 cm³/mol.